The maximum absolute atomic E-state index is 13.0. The number of carbonyl (C=O) groups excluding carboxylic acids is 2. The molecule has 2 aliphatic rings. The van der Waals surface area contributed by atoms with Gasteiger partial charge in [0, 0.05) is 12.2 Å². The van der Waals surface area contributed by atoms with E-state index in [0.29, 0.717) is 24.4 Å². The van der Waals surface area contributed by atoms with Crippen LogP contribution < -0.4 is 15.4 Å². The summed E-state index contributed by atoms with van der Waals surface area (Å²) in [5.41, 5.74) is 4.06. The lowest BCUT2D eigenvalue weighted by molar-refractivity contribution is -0.119. The van der Waals surface area contributed by atoms with Gasteiger partial charge in [-0.3, -0.25) is 4.79 Å². The lowest BCUT2D eigenvalue weighted by atomic mass is 9.90. The number of nitrogens with one attached hydrogen (secondary N) is 2. The Balaban J connectivity index is 1.47. The van der Waals surface area contributed by atoms with E-state index < -0.39 is 6.04 Å². The SMILES string of the molecule is COc1ccccc1NC(=O)N1CCCC1C(=O)Nc1cccc2c1CCCC2. The van der Waals surface area contributed by atoms with Crippen LogP contribution in [-0.4, -0.2) is 36.5 Å². The number of benzene rings is 2. The normalized spacial score (nSPS) is 18.1. The van der Waals surface area contributed by atoms with Crippen LogP contribution in [0.1, 0.15) is 36.8 Å². The van der Waals surface area contributed by atoms with Crippen molar-refractivity contribution in [1.29, 1.82) is 0 Å². The monoisotopic (exact) mass is 393 g/mol. The van der Waals surface area contributed by atoms with Gasteiger partial charge in [0.05, 0.1) is 12.8 Å². The van der Waals surface area contributed by atoms with E-state index in [4.69, 9.17) is 4.74 Å². The Kier molecular flexibility index (Phi) is 5.69. The first-order valence-corrected chi connectivity index (χ1v) is 10.3. The smallest absolute Gasteiger partial charge is 0.322 e. The molecule has 29 heavy (non-hydrogen) atoms. The van der Waals surface area contributed by atoms with Gasteiger partial charge >= 0.3 is 6.03 Å². The van der Waals surface area contributed by atoms with Crippen LogP contribution in [0.15, 0.2) is 42.5 Å². The second kappa shape index (κ2) is 8.55. The zero-order valence-electron chi connectivity index (χ0n) is 16.7. The van der Waals surface area contributed by atoms with E-state index in [0.717, 1.165) is 31.4 Å². The van der Waals surface area contributed by atoms with Gasteiger partial charge in [-0.25, -0.2) is 4.79 Å². The molecule has 4 rings (SSSR count). The van der Waals surface area contributed by atoms with Crippen molar-refractivity contribution >= 4 is 23.3 Å². The highest BCUT2D eigenvalue weighted by Gasteiger charge is 2.34. The largest absolute Gasteiger partial charge is 0.495 e. The first-order valence-electron chi connectivity index (χ1n) is 10.3. The molecular weight excluding hydrogens is 366 g/mol. The molecule has 152 valence electrons. The number of rotatable bonds is 4. The van der Waals surface area contributed by atoms with Gasteiger partial charge in [-0.15, -0.1) is 0 Å². The molecule has 0 bridgehead atoms. The Morgan fingerprint density at radius 1 is 0.966 bits per heavy atom. The maximum atomic E-state index is 13.0. The highest BCUT2D eigenvalue weighted by molar-refractivity contribution is 6.00. The zero-order valence-corrected chi connectivity index (χ0v) is 16.7. The van der Waals surface area contributed by atoms with Crippen molar-refractivity contribution in [2.75, 3.05) is 24.3 Å². The predicted octanol–water partition coefficient (Wildman–Crippen LogP) is 4.21. The van der Waals surface area contributed by atoms with Crippen LogP contribution in [0.4, 0.5) is 16.2 Å². The molecular formula is C23H27N3O3. The molecule has 2 aromatic carbocycles. The van der Waals surface area contributed by atoms with Crippen LogP contribution in [0, 0.1) is 0 Å². The van der Waals surface area contributed by atoms with Crippen LogP contribution in [0.5, 0.6) is 5.75 Å². The number of fused-ring (bicyclic) bond motifs is 1. The number of hydrogen-bond acceptors (Lipinski definition) is 3. The molecule has 6 nitrogen and oxygen atoms in total. The molecule has 3 amide bonds. The van der Waals surface area contributed by atoms with Crippen molar-refractivity contribution in [2.45, 2.75) is 44.6 Å². The molecule has 6 heteroatoms. The average molecular weight is 393 g/mol. The van der Waals surface area contributed by atoms with Crippen molar-refractivity contribution < 1.29 is 14.3 Å². The summed E-state index contributed by atoms with van der Waals surface area (Å²) in [6.45, 7) is 0.561. The Labute approximate surface area is 171 Å². The molecule has 0 aromatic heterocycles. The molecule has 1 fully saturated rings. The van der Waals surface area contributed by atoms with Gasteiger partial charge in [-0.2, -0.15) is 0 Å². The summed E-state index contributed by atoms with van der Waals surface area (Å²) in [7, 11) is 1.57. The maximum Gasteiger partial charge on any atom is 0.322 e. The molecule has 1 unspecified atom stereocenters. The predicted molar refractivity (Wildman–Crippen MR) is 113 cm³/mol. The third kappa shape index (κ3) is 4.06. The molecule has 1 atom stereocenters. The van der Waals surface area contributed by atoms with Crippen molar-refractivity contribution in [2.24, 2.45) is 0 Å². The van der Waals surface area contributed by atoms with E-state index in [1.54, 1.807) is 24.1 Å². The van der Waals surface area contributed by atoms with E-state index in [2.05, 4.69) is 16.7 Å². The van der Waals surface area contributed by atoms with Gasteiger partial charge < -0.3 is 20.3 Å². The van der Waals surface area contributed by atoms with E-state index in [1.165, 1.54) is 17.5 Å². The summed E-state index contributed by atoms with van der Waals surface area (Å²) in [4.78, 5) is 27.5. The Morgan fingerprint density at radius 2 is 1.76 bits per heavy atom. The van der Waals surface area contributed by atoms with Gasteiger partial charge in [-0.05, 0) is 67.9 Å². The van der Waals surface area contributed by atoms with E-state index in [9.17, 15) is 9.59 Å². The van der Waals surface area contributed by atoms with Crippen LogP contribution in [0.2, 0.25) is 0 Å². The summed E-state index contributed by atoms with van der Waals surface area (Å²) in [6, 6.07) is 12.6. The van der Waals surface area contributed by atoms with Gasteiger partial charge in [-0.1, -0.05) is 24.3 Å². The summed E-state index contributed by atoms with van der Waals surface area (Å²) in [6.07, 6.45) is 5.88. The number of methoxy groups -OCH3 is 1. The highest BCUT2D eigenvalue weighted by Crippen LogP contribution is 2.29. The second-order valence-electron chi connectivity index (χ2n) is 7.62. The fraction of sp³-hybridized carbons (Fsp3) is 0.391. The minimum absolute atomic E-state index is 0.114. The third-order valence-electron chi connectivity index (χ3n) is 5.82. The molecule has 1 aliphatic carbocycles. The standard InChI is InChI=1S/C23H27N3O3/c1-29-21-14-5-4-11-19(21)25-23(28)26-15-7-13-20(26)22(27)24-18-12-6-9-16-8-2-3-10-17(16)18/h4-6,9,11-12,14,20H,2-3,7-8,10,13,15H2,1H3,(H,24,27)(H,25,28). The summed E-state index contributed by atoms with van der Waals surface area (Å²) >= 11 is 0. The van der Waals surface area contributed by atoms with Crippen molar-refractivity contribution in [3.05, 3.63) is 53.6 Å². The van der Waals surface area contributed by atoms with Gasteiger partial charge in [0.15, 0.2) is 0 Å². The Morgan fingerprint density at radius 3 is 2.62 bits per heavy atom. The van der Waals surface area contributed by atoms with E-state index in [-0.39, 0.29) is 11.9 Å². The first-order chi connectivity index (χ1) is 14.2. The van der Waals surface area contributed by atoms with Gasteiger partial charge in [0.25, 0.3) is 0 Å². The molecule has 1 aliphatic heterocycles. The second-order valence-corrected chi connectivity index (χ2v) is 7.62. The summed E-state index contributed by atoms with van der Waals surface area (Å²) in [5.74, 6) is 0.480. The van der Waals surface area contributed by atoms with Crippen LogP contribution in [-0.2, 0) is 17.6 Å². The van der Waals surface area contributed by atoms with Crippen molar-refractivity contribution in [1.82, 2.24) is 4.90 Å². The molecule has 1 heterocycles. The Bertz CT molecular complexity index is 912. The van der Waals surface area contributed by atoms with Crippen LogP contribution in [0.25, 0.3) is 0 Å². The number of aryl methyl sites for hydroxylation is 1. The molecule has 0 saturated carbocycles. The number of para-hydroxylation sites is 2. The topological polar surface area (TPSA) is 70.7 Å². The molecule has 2 aromatic rings. The van der Waals surface area contributed by atoms with Crippen molar-refractivity contribution in [3.8, 4) is 5.75 Å². The molecule has 0 radical (unpaired) electrons. The lowest BCUT2D eigenvalue weighted by Gasteiger charge is -2.26. The van der Waals surface area contributed by atoms with E-state index in [1.807, 2.05) is 24.3 Å². The number of urea groups is 1. The first kappa shape index (κ1) is 19.3. The van der Waals surface area contributed by atoms with E-state index >= 15 is 0 Å². The van der Waals surface area contributed by atoms with Gasteiger partial charge in [0.2, 0.25) is 5.91 Å². The van der Waals surface area contributed by atoms with Gasteiger partial charge in [0.1, 0.15) is 11.8 Å². The third-order valence-corrected chi connectivity index (χ3v) is 5.82. The molecule has 0 spiro atoms. The molecule has 2 N–H and O–H groups in total. The molecule has 1 saturated heterocycles. The summed E-state index contributed by atoms with van der Waals surface area (Å²) in [5, 5.41) is 5.98. The fourth-order valence-corrected chi connectivity index (χ4v) is 4.33. The number of amides is 3. The van der Waals surface area contributed by atoms with Crippen molar-refractivity contribution in [3.63, 3.8) is 0 Å². The van der Waals surface area contributed by atoms with Crippen LogP contribution >= 0.6 is 0 Å². The highest BCUT2D eigenvalue weighted by atomic mass is 16.5. The minimum Gasteiger partial charge on any atom is -0.495 e. The lowest BCUT2D eigenvalue weighted by Crippen LogP contribution is -2.45. The number of ether oxygens (including phenoxy) is 1. The Hall–Kier alpha value is -3.02. The fourth-order valence-electron chi connectivity index (χ4n) is 4.33. The number of carbonyl (C=O) groups is 2. The minimum atomic E-state index is -0.468. The number of likely N-dealkylation sites (tertiary alicyclic amines) is 1. The quantitative estimate of drug-likeness (QED) is 0.817. The zero-order chi connectivity index (χ0) is 20.2. The number of anilines is 2. The van der Waals surface area contributed by atoms with Crippen LogP contribution in [0.3, 0.4) is 0 Å². The number of hydrogen-bond donors (Lipinski definition) is 2. The summed E-state index contributed by atoms with van der Waals surface area (Å²) < 4.78 is 5.30. The number of nitrogens with zero attached hydrogens (tertiary/aromatic N) is 1. The average Bonchev–Trinajstić information content (AvgIpc) is 3.25.